The van der Waals surface area contributed by atoms with Crippen LogP contribution < -0.4 is 10.6 Å². The van der Waals surface area contributed by atoms with Crippen LogP contribution in [0.4, 0.5) is 5.69 Å². The molecule has 0 bridgehead atoms. The van der Waals surface area contributed by atoms with Crippen LogP contribution in [0, 0.1) is 0 Å². The van der Waals surface area contributed by atoms with E-state index in [1.807, 2.05) is 0 Å². The van der Waals surface area contributed by atoms with E-state index in [-0.39, 0.29) is 6.04 Å². The normalized spacial score (nSPS) is 21.5. The summed E-state index contributed by atoms with van der Waals surface area (Å²) in [6.07, 6.45) is 5.15. The maximum absolute atomic E-state index is 12.3. The molecule has 1 aliphatic carbocycles. The Labute approximate surface area is 123 Å². The number of anilines is 1. The fourth-order valence-corrected chi connectivity index (χ4v) is 3.10. The number of nitrogens with one attached hydrogen (secondary N) is 2. The number of carbonyl (C=O) groups is 3. The van der Waals surface area contributed by atoms with Gasteiger partial charge in [0.1, 0.15) is 5.92 Å². The molecule has 0 spiro atoms. The second kappa shape index (κ2) is 5.68. The van der Waals surface area contributed by atoms with Gasteiger partial charge in [0, 0.05) is 11.7 Å². The Hall–Kier alpha value is -2.17. The molecular formula is C16H18N2O3. The van der Waals surface area contributed by atoms with Crippen molar-refractivity contribution in [2.45, 2.75) is 44.1 Å². The van der Waals surface area contributed by atoms with Crippen molar-refractivity contribution < 1.29 is 14.4 Å². The summed E-state index contributed by atoms with van der Waals surface area (Å²) in [6.45, 7) is 0. The van der Waals surface area contributed by atoms with Crippen LogP contribution in [0.3, 0.4) is 0 Å². The monoisotopic (exact) mass is 286 g/mol. The van der Waals surface area contributed by atoms with Gasteiger partial charge in [-0.1, -0.05) is 37.5 Å². The number of Topliss-reactive ketones (excluding diaryl/α,β-unsaturated/α-hetero) is 1. The zero-order chi connectivity index (χ0) is 14.8. The van der Waals surface area contributed by atoms with Gasteiger partial charge in [-0.2, -0.15) is 0 Å². The average molecular weight is 286 g/mol. The van der Waals surface area contributed by atoms with E-state index in [1.54, 1.807) is 24.3 Å². The molecule has 5 nitrogen and oxygen atoms in total. The van der Waals surface area contributed by atoms with Gasteiger partial charge in [0.2, 0.25) is 11.7 Å². The van der Waals surface area contributed by atoms with Crippen molar-refractivity contribution in [2.75, 3.05) is 5.32 Å². The van der Waals surface area contributed by atoms with Gasteiger partial charge >= 0.3 is 0 Å². The summed E-state index contributed by atoms with van der Waals surface area (Å²) in [6, 6.07) is 7.06. The number of carbonyl (C=O) groups excluding carboxylic acids is 3. The van der Waals surface area contributed by atoms with E-state index in [0.29, 0.717) is 11.3 Å². The highest BCUT2D eigenvalue weighted by molar-refractivity contribution is 6.44. The summed E-state index contributed by atoms with van der Waals surface area (Å²) in [5, 5.41) is 5.43. The Morgan fingerprint density at radius 1 is 1.10 bits per heavy atom. The molecule has 0 radical (unpaired) electrons. The Morgan fingerprint density at radius 2 is 1.81 bits per heavy atom. The molecule has 2 amide bonds. The van der Waals surface area contributed by atoms with Gasteiger partial charge in [-0.15, -0.1) is 0 Å². The van der Waals surface area contributed by atoms with E-state index in [4.69, 9.17) is 0 Å². The molecule has 0 aromatic heterocycles. The van der Waals surface area contributed by atoms with Gasteiger partial charge in [-0.25, -0.2) is 0 Å². The van der Waals surface area contributed by atoms with E-state index in [1.165, 1.54) is 6.42 Å². The molecule has 3 rings (SSSR count). The largest absolute Gasteiger partial charge is 0.347 e. The zero-order valence-corrected chi connectivity index (χ0v) is 11.7. The Kier molecular flexibility index (Phi) is 3.73. The lowest BCUT2D eigenvalue weighted by atomic mass is 9.93. The maximum atomic E-state index is 12.3. The third kappa shape index (κ3) is 2.68. The predicted octanol–water partition coefficient (Wildman–Crippen LogP) is 1.74. The van der Waals surface area contributed by atoms with Gasteiger partial charge in [0.25, 0.3) is 5.91 Å². The van der Waals surface area contributed by atoms with Crippen LogP contribution in [0.2, 0.25) is 0 Å². The summed E-state index contributed by atoms with van der Waals surface area (Å²) in [7, 11) is 0. The van der Waals surface area contributed by atoms with Crippen LogP contribution >= 0.6 is 0 Å². The summed E-state index contributed by atoms with van der Waals surface area (Å²) in [5.41, 5.74) is 1.21. The Balaban J connectivity index is 1.72. The lowest BCUT2D eigenvalue weighted by molar-refractivity contribution is -0.141. The Morgan fingerprint density at radius 3 is 2.57 bits per heavy atom. The SMILES string of the molecule is O=C(NC1CCCCC1)C(=O)C1C(=O)Nc2ccccc21. The molecule has 1 heterocycles. The summed E-state index contributed by atoms with van der Waals surface area (Å²) in [5.74, 6) is -2.73. The lowest BCUT2D eigenvalue weighted by Crippen LogP contribution is -2.43. The maximum Gasteiger partial charge on any atom is 0.288 e. The van der Waals surface area contributed by atoms with Crippen LogP contribution in [0.15, 0.2) is 24.3 Å². The van der Waals surface area contributed by atoms with E-state index >= 15 is 0 Å². The molecule has 1 atom stereocenters. The van der Waals surface area contributed by atoms with Crippen molar-refractivity contribution in [3.63, 3.8) is 0 Å². The van der Waals surface area contributed by atoms with Gasteiger partial charge < -0.3 is 10.6 Å². The van der Waals surface area contributed by atoms with Crippen molar-refractivity contribution >= 4 is 23.3 Å². The molecule has 2 N–H and O–H groups in total. The molecular weight excluding hydrogens is 268 g/mol. The van der Waals surface area contributed by atoms with Crippen molar-refractivity contribution in [2.24, 2.45) is 0 Å². The van der Waals surface area contributed by atoms with Crippen molar-refractivity contribution in [3.05, 3.63) is 29.8 Å². The molecule has 1 fully saturated rings. The standard InChI is InChI=1S/C16H18N2O3/c19-14(16(21)17-10-6-2-1-3-7-10)13-11-8-4-5-9-12(11)18-15(13)20/h4-5,8-10,13H,1-3,6-7H2,(H,17,21)(H,18,20). The lowest BCUT2D eigenvalue weighted by Gasteiger charge is -2.22. The van der Waals surface area contributed by atoms with Crippen LogP contribution in [0.5, 0.6) is 0 Å². The van der Waals surface area contributed by atoms with Crippen LogP contribution in [-0.4, -0.2) is 23.6 Å². The highest BCUT2D eigenvalue weighted by Crippen LogP contribution is 2.32. The highest BCUT2D eigenvalue weighted by atomic mass is 16.2. The molecule has 1 saturated carbocycles. The number of amides is 2. The minimum atomic E-state index is -1.01. The van der Waals surface area contributed by atoms with Gasteiger partial charge in [-0.05, 0) is 24.5 Å². The molecule has 110 valence electrons. The Bertz CT molecular complexity index is 591. The average Bonchev–Trinajstić information content (AvgIpc) is 2.83. The summed E-state index contributed by atoms with van der Waals surface area (Å²) >= 11 is 0. The topological polar surface area (TPSA) is 75.3 Å². The number of ketones is 1. The van der Waals surface area contributed by atoms with Crippen LogP contribution in [0.1, 0.15) is 43.6 Å². The number of hydrogen-bond donors (Lipinski definition) is 2. The minimum absolute atomic E-state index is 0.0647. The fraction of sp³-hybridized carbons (Fsp3) is 0.438. The van der Waals surface area contributed by atoms with Gasteiger partial charge in [0.15, 0.2) is 0 Å². The van der Waals surface area contributed by atoms with Gasteiger partial charge in [0.05, 0.1) is 0 Å². The second-order valence-electron chi connectivity index (χ2n) is 5.68. The van der Waals surface area contributed by atoms with E-state index < -0.39 is 23.5 Å². The first-order valence-electron chi connectivity index (χ1n) is 7.41. The van der Waals surface area contributed by atoms with Gasteiger partial charge in [-0.3, -0.25) is 14.4 Å². The first-order chi connectivity index (χ1) is 10.2. The van der Waals surface area contributed by atoms with Crippen LogP contribution in [0.25, 0.3) is 0 Å². The third-order valence-corrected chi connectivity index (χ3v) is 4.22. The first kappa shape index (κ1) is 13.8. The van der Waals surface area contributed by atoms with E-state index in [2.05, 4.69) is 10.6 Å². The van der Waals surface area contributed by atoms with Crippen LogP contribution in [-0.2, 0) is 14.4 Å². The molecule has 1 aromatic carbocycles. The molecule has 1 aliphatic heterocycles. The number of hydrogen-bond acceptors (Lipinski definition) is 3. The quantitative estimate of drug-likeness (QED) is 0.656. The highest BCUT2D eigenvalue weighted by Gasteiger charge is 2.39. The molecule has 2 aliphatic rings. The summed E-state index contributed by atoms with van der Waals surface area (Å²) < 4.78 is 0. The number of benzene rings is 1. The molecule has 21 heavy (non-hydrogen) atoms. The van der Waals surface area contributed by atoms with Crippen molar-refractivity contribution in [1.29, 1.82) is 0 Å². The number of fused-ring (bicyclic) bond motifs is 1. The van der Waals surface area contributed by atoms with E-state index in [9.17, 15) is 14.4 Å². The minimum Gasteiger partial charge on any atom is -0.347 e. The number of rotatable bonds is 3. The summed E-state index contributed by atoms with van der Waals surface area (Å²) in [4.78, 5) is 36.4. The van der Waals surface area contributed by atoms with E-state index in [0.717, 1.165) is 25.7 Å². The fourth-order valence-electron chi connectivity index (χ4n) is 3.10. The third-order valence-electron chi connectivity index (χ3n) is 4.22. The molecule has 1 unspecified atom stereocenters. The van der Waals surface area contributed by atoms with Crippen molar-refractivity contribution in [3.8, 4) is 0 Å². The second-order valence-corrected chi connectivity index (χ2v) is 5.68. The predicted molar refractivity (Wildman–Crippen MR) is 77.8 cm³/mol. The van der Waals surface area contributed by atoms with Crippen molar-refractivity contribution in [1.82, 2.24) is 5.32 Å². The zero-order valence-electron chi connectivity index (χ0n) is 11.7. The smallest absolute Gasteiger partial charge is 0.288 e. The first-order valence-corrected chi connectivity index (χ1v) is 7.41. The molecule has 0 saturated heterocycles. The molecule has 5 heteroatoms. The molecule has 1 aromatic rings. The number of para-hydroxylation sites is 1.